The Bertz CT molecular complexity index is 795. The predicted molar refractivity (Wildman–Crippen MR) is 79.3 cm³/mol. The second-order valence-electron chi connectivity index (χ2n) is 5.09. The van der Waals surface area contributed by atoms with E-state index in [2.05, 4.69) is 25.5 Å². The highest BCUT2D eigenvalue weighted by Gasteiger charge is 2.26. The van der Waals surface area contributed by atoms with Crippen molar-refractivity contribution in [3.63, 3.8) is 0 Å². The van der Waals surface area contributed by atoms with E-state index in [4.69, 9.17) is 11.6 Å². The molecule has 6 nitrogen and oxygen atoms in total. The molecule has 1 aliphatic rings. The van der Waals surface area contributed by atoms with Crippen molar-refractivity contribution in [2.24, 2.45) is 0 Å². The van der Waals surface area contributed by atoms with Crippen molar-refractivity contribution < 1.29 is 0 Å². The maximum atomic E-state index is 6.09. The van der Waals surface area contributed by atoms with E-state index in [1.807, 2.05) is 22.7 Å². The average Bonchev–Trinajstić information content (AvgIpc) is 3.27. The zero-order valence-corrected chi connectivity index (χ0v) is 12.0. The first-order valence-corrected chi connectivity index (χ1v) is 7.24. The molecule has 3 aromatic heterocycles. The highest BCUT2D eigenvalue weighted by atomic mass is 35.5. The Hall–Kier alpha value is -2.21. The number of rotatable bonds is 4. The third-order valence-corrected chi connectivity index (χ3v) is 3.80. The normalized spacial score (nSPS) is 14.5. The fourth-order valence-corrected chi connectivity index (χ4v) is 2.43. The fraction of sp³-hybridized carbons (Fsp3) is 0.286. The van der Waals surface area contributed by atoms with Gasteiger partial charge >= 0.3 is 0 Å². The van der Waals surface area contributed by atoms with Crippen LogP contribution in [0.3, 0.4) is 0 Å². The first-order chi connectivity index (χ1) is 10.3. The van der Waals surface area contributed by atoms with E-state index in [0.29, 0.717) is 23.1 Å². The minimum absolute atomic E-state index is 0.530. The van der Waals surface area contributed by atoms with E-state index in [-0.39, 0.29) is 0 Å². The second kappa shape index (κ2) is 4.96. The second-order valence-corrected chi connectivity index (χ2v) is 5.50. The zero-order chi connectivity index (χ0) is 14.2. The molecule has 0 unspecified atom stereocenters. The molecular weight excluding hydrogens is 288 g/mol. The van der Waals surface area contributed by atoms with E-state index < -0.39 is 0 Å². The monoisotopic (exact) mass is 300 g/mol. The van der Waals surface area contributed by atoms with Gasteiger partial charge in [-0.2, -0.15) is 0 Å². The van der Waals surface area contributed by atoms with Crippen LogP contribution in [-0.4, -0.2) is 24.6 Å². The van der Waals surface area contributed by atoms with Crippen molar-refractivity contribution in [3.8, 4) is 0 Å². The van der Waals surface area contributed by atoms with Gasteiger partial charge in [-0.3, -0.25) is 4.40 Å². The molecule has 4 rings (SSSR count). The lowest BCUT2D eigenvalue weighted by molar-refractivity contribution is 0.889. The molecule has 1 aliphatic carbocycles. The van der Waals surface area contributed by atoms with Gasteiger partial charge in [-0.15, -0.1) is 10.2 Å². The van der Waals surface area contributed by atoms with Crippen LogP contribution in [0.15, 0.2) is 30.6 Å². The lowest BCUT2D eigenvalue weighted by atomic mass is 10.4. The molecule has 0 aliphatic heterocycles. The lowest BCUT2D eigenvalue weighted by Crippen LogP contribution is -2.06. The molecule has 3 heterocycles. The van der Waals surface area contributed by atoms with Gasteiger partial charge in [0.25, 0.3) is 0 Å². The summed E-state index contributed by atoms with van der Waals surface area (Å²) < 4.78 is 1.87. The summed E-state index contributed by atoms with van der Waals surface area (Å²) in [6, 6.07) is 5.54. The van der Waals surface area contributed by atoms with E-state index in [9.17, 15) is 0 Å². The van der Waals surface area contributed by atoms with Crippen LogP contribution in [0.25, 0.3) is 5.65 Å². The van der Waals surface area contributed by atoms with Gasteiger partial charge in [-0.25, -0.2) is 9.97 Å². The number of nitrogens with one attached hydrogen (secondary N) is 1. The van der Waals surface area contributed by atoms with Gasteiger partial charge in [0.15, 0.2) is 11.5 Å². The Morgan fingerprint density at radius 2 is 2.19 bits per heavy atom. The van der Waals surface area contributed by atoms with Gasteiger partial charge < -0.3 is 5.32 Å². The predicted octanol–water partition coefficient (Wildman–Crippen LogP) is 2.66. The molecule has 1 N–H and O–H groups in total. The number of hydrogen-bond acceptors (Lipinski definition) is 5. The number of hydrogen-bond donors (Lipinski definition) is 1. The van der Waals surface area contributed by atoms with Crippen molar-refractivity contribution in [1.82, 2.24) is 24.6 Å². The lowest BCUT2D eigenvalue weighted by Gasteiger charge is -2.05. The average molecular weight is 301 g/mol. The zero-order valence-electron chi connectivity index (χ0n) is 11.2. The molecule has 0 saturated heterocycles. The van der Waals surface area contributed by atoms with Crippen LogP contribution in [-0.2, 0) is 6.54 Å². The standard InChI is InChI=1S/C14H13ClN6/c15-10-2-1-7-21-12(19-20-14(10)21)8-17-11-5-6-16-13(18-11)9-3-4-9/h1-2,5-7,9H,3-4,8H2,(H,16,17,18). The summed E-state index contributed by atoms with van der Waals surface area (Å²) in [7, 11) is 0. The van der Waals surface area contributed by atoms with Gasteiger partial charge in [0.2, 0.25) is 0 Å². The van der Waals surface area contributed by atoms with Gasteiger partial charge in [0.1, 0.15) is 11.6 Å². The minimum atomic E-state index is 0.530. The summed E-state index contributed by atoms with van der Waals surface area (Å²) in [5.41, 5.74) is 0.664. The number of pyridine rings is 1. The Morgan fingerprint density at radius 1 is 1.29 bits per heavy atom. The first kappa shape index (κ1) is 12.5. The molecule has 0 bridgehead atoms. The minimum Gasteiger partial charge on any atom is -0.363 e. The smallest absolute Gasteiger partial charge is 0.179 e. The van der Waals surface area contributed by atoms with Crippen LogP contribution in [0.2, 0.25) is 5.02 Å². The molecule has 1 saturated carbocycles. The van der Waals surface area contributed by atoms with E-state index >= 15 is 0 Å². The summed E-state index contributed by atoms with van der Waals surface area (Å²) in [4.78, 5) is 8.83. The molecule has 0 aromatic carbocycles. The summed E-state index contributed by atoms with van der Waals surface area (Å²) in [6.07, 6.45) is 6.07. The van der Waals surface area contributed by atoms with Crippen molar-refractivity contribution in [1.29, 1.82) is 0 Å². The molecule has 1 fully saturated rings. The topological polar surface area (TPSA) is 68.0 Å². The Morgan fingerprint density at radius 3 is 3.05 bits per heavy atom. The number of fused-ring (bicyclic) bond motifs is 1. The molecule has 0 amide bonds. The van der Waals surface area contributed by atoms with E-state index in [1.54, 1.807) is 12.3 Å². The third-order valence-electron chi connectivity index (χ3n) is 3.50. The number of anilines is 1. The molecular formula is C14H13ClN6. The summed E-state index contributed by atoms with van der Waals surface area (Å²) in [6.45, 7) is 0.530. The molecule has 21 heavy (non-hydrogen) atoms. The van der Waals surface area contributed by atoms with Crippen molar-refractivity contribution in [2.45, 2.75) is 25.3 Å². The summed E-state index contributed by atoms with van der Waals surface area (Å²) >= 11 is 6.09. The van der Waals surface area contributed by atoms with Gasteiger partial charge in [-0.1, -0.05) is 11.6 Å². The van der Waals surface area contributed by atoms with Crippen molar-refractivity contribution in [2.75, 3.05) is 5.32 Å². The van der Waals surface area contributed by atoms with Gasteiger partial charge in [0, 0.05) is 18.3 Å². The third kappa shape index (κ3) is 2.42. The number of nitrogens with zero attached hydrogens (tertiary/aromatic N) is 5. The van der Waals surface area contributed by atoms with Crippen LogP contribution in [0.5, 0.6) is 0 Å². The van der Waals surface area contributed by atoms with Crippen molar-refractivity contribution in [3.05, 3.63) is 47.3 Å². The molecule has 7 heteroatoms. The van der Waals surface area contributed by atoms with E-state index in [1.165, 1.54) is 12.8 Å². The highest BCUT2D eigenvalue weighted by molar-refractivity contribution is 6.33. The Balaban J connectivity index is 1.55. The molecule has 0 atom stereocenters. The van der Waals surface area contributed by atoms with Crippen LogP contribution >= 0.6 is 11.6 Å². The Kier molecular flexibility index (Phi) is 2.96. The summed E-state index contributed by atoms with van der Waals surface area (Å²) in [5, 5.41) is 12.1. The summed E-state index contributed by atoms with van der Waals surface area (Å²) in [5.74, 6) is 3.07. The molecule has 0 radical (unpaired) electrons. The van der Waals surface area contributed by atoms with Crippen LogP contribution in [0.4, 0.5) is 5.82 Å². The number of aromatic nitrogens is 5. The SMILES string of the molecule is Clc1cccn2c(CNc3ccnc(C4CC4)n3)nnc12. The quantitative estimate of drug-likeness (QED) is 0.802. The Labute approximate surface area is 126 Å². The maximum Gasteiger partial charge on any atom is 0.179 e. The maximum absolute atomic E-state index is 6.09. The van der Waals surface area contributed by atoms with Gasteiger partial charge in [-0.05, 0) is 31.0 Å². The highest BCUT2D eigenvalue weighted by Crippen LogP contribution is 2.38. The van der Waals surface area contributed by atoms with Crippen molar-refractivity contribution >= 4 is 23.1 Å². The van der Waals surface area contributed by atoms with Crippen LogP contribution in [0.1, 0.15) is 30.4 Å². The number of halogens is 1. The first-order valence-electron chi connectivity index (χ1n) is 6.86. The molecule has 3 aromatic rings. The molecule has 106 valence electrons. The van der Waals surface area contributed by atoms with Crippen LogP contribution < -0.4 is 5.32 Å². The fourth-order valence-electron chi connectivity index (χ4n) is 2.23. The van der Waals surface area contributed by atoms with E-state index in [0.717, 1.165) is 17.5 Å². The largest absolute Gasteiger partial charge is 0.363 e. The van der Waals surface area contributed by atoms with Gasteiger partial charge in [0.05, 0.1) is 11.6 Å². The molecule has 0 spiro atoms. The van der Waals surface area contributed by atoms with Crippen LogP contribution in [0, 0.1) is 0 Å².